The number of hydrogen-bond acceptors (Lipinski definition) is 6. The minimum absolute atomic E-state index is 0. The van der Waals surface area contributed by atoms with Gasteiger partial charge in [0.15, 0.2) is 0 Å². The van der Waals surface area contributed by atoms with Crippen LogP contribution in [0.25, 0.3) is 0 Å². The predicted molar refractivity (Wildman–Crippen MR) is 33.7 cm³/mol. The van der Waals surface area contributed by atoms with Crippen LogP contribution in [0.15, 0.2) is 0 Å². The van der Waals surface area contributed by atoms with E-state index in [9.17, 15) is 0 Å². The molecule has 0 aromatic heterocycles. The second kappa shape index (κ2) is 11.2. The fraction of sp³-hybridized carbons (Fsp3) is 0. The van der Waals surface area contributed by atoms with Gasteiger partial charge in [-0.25, -0.2) is 0 Å². The van der Waals surface area contributed by atoms with Crippen molar-refractivity contribution in [3.8, 4) is 29.8 Å². The molecule has 17 heavy (non-hydrogen) atoms. The van der Waals surface area contributed by atoms with E-state index in [2.05, 4.69) is 0 Å². The molecule has 0 heterocycles. The molecule has 0 fully saturated rings. The molecule has 0 aliphatic heterocycles. The van der Waals surface area contributed by atoms with Crippen molar-refractivity contribution >= 4 is 0 Å². The molecular formula is C6CsFeKN6RbZn+. The molecule has 0 N–H and O–H groups in total. The van der Waals surface area contributed by atoms with E-state index in [1.54, 1.807) is 0 Å². The summed E-state index contributed by atoms with van der Waals surface area (Å²) in [5.41, 5.74) is 0. The van der Waals surface area contributed by atoms with Gasteiger partial charge in [-0.2, -0.15) is 0 Å². The molecule has 11 heteroatoms. The fourth-order valence-corrected chi connectivity index (χ4v) is 1.09. The maximum absolute atomic E-state index is 8.58. The minimum atomic E-state index is -6.17. The normalized spacial score (nSPS) is 10.2. The third kappa shape index (κ3) is 5.36. The van der Waals surface area contributed by atoms with Gasteiger partial charge in [0.2, 0.25) is 0 Å². The second-order valence-corrected chi connectivity index (χ2v) is 7.42. The Morgan fingerprint density at radius 1 is 0.588 bits per heavy atom. The molecule has 0 rings (SSSR count). The molecule has 0 atom stereocenters. The number of rotatable bonds is 0. The first-order valence-corrected chi connectivity index (χ1v) is 5.71. The van der Waals surface area contributed by atoms with Crippen LogP contribution in [-0.2, 0) is 30.2 Å². The summed E-state index contributed by atoms with van der Waals surface area (Å²) in [5, 5.41) is 51.5. The van der Waals surface area contributed by atoms with E-state index in [-0.39, 0.29) is 198 Å². The number of nitriles is 6. The van der Waals surface area contributed by atoms with Gasteiger partial charge in [0.1, 0.15) is 0 Å². The fourth-order valence-electron chi connectivity index (χ4n) is 0.265. The van der Waals surface area contributed by atoms with E-state index in [0.29, 0.717) is 0 Å². The summed E-state index contributed by atoms with van der Waals surface area (Å²) >= 11 is 0. The van der Waals surface area contributed by atoms with E-state index in [1.165, 1.54) is 0 Å². The zero-order chi connectivity index (χ0) is 10.7. The molecule has 0 saturated heterocycles. The molecule has 0 aliphatic rings. The molecule has 0 unspecified atom stereocenters. The van der Waals surface area contributed by atoms with Gasteiger partial charge in [-0.15, -0.1) is 0 Å². The first kappa shape index (κ1) is 32.5. The van der Waals surface area contributed by atoms with Crippen LogP contribution in [0.3, 0.4) is 0 Å². The van der Waals surface area contributed by atoms with Crippen molar-refractivity contribution in [2.75, 3.05) is 0 Å². The summed E-state index contributed by atoms with van der Waals surface area (Å²) in [4.78, 5) is 6.19. The number of hydrogen-bond donors (Lipinski definition) is 0. The average molecular weight is 535 g/mol. The van der Waals surface area contributed by atoms with E-state index in [4.69, 9.17) is 31.6 Å². The molecule has 0 aliphatic carbocycles. The molecule has 0 spiro atoms. The van der Waals surface area contributed by atoms with Crippen LogP contribution >= 0.6 is 0 Å². The Bertz CT molecular complexity index is 408. The van der Waals surface area contributed by atoms with Crippen LogP contribution in [0.2, 0.25) is 0 Å². The van der Waals surface area contributed by atoms with Crippen LogP contribution in [-0.4, -0.2) is 0 Å². The standard InChI is InChI=1S/6CN.Cs.Fe.K.Rb.Zn/c6*1-2;;;;;/q;;;;;;+1;-4;2*+1;+2. The molecule has 0 bridgehead atoms. The van der Waals surface area contributed by atoms with Crippen molar-refractivity contribution < 1.29 is 209 Å². The van der Waals surface area contributed by atoms with Crippen LogP contribution in [0.5, 0.6) is 0 Å². The van der Waals surface area contributed by atoms with Gasteiger partial charge in [-0.3, -0.25) is 0 Å². The van der Waals surface area contributed by atoms with Crippen molar-refractivity contribution in [2.45, 2.75) is 0 Å². The van der Waals surface area contributed by atoms with Gasteiger partial charge in [0.05, 0.1) is 0 Å². The number of nitrogens with zero attached hydrogens (tertiary/aromatic N) is 6. The summed E-state index contributed by atoms with van der Waals surface area (Å²) in [5.74, 6) is 0. The SMILES string of the molecule is N#[C][Fe-4]([C]#N)([C]#N)([C]#N)([C]#N)[C]#N.[Cs+].[K+].[Rb+].[Zn+2]. The van der Waals surface area contributed by atoms with Crippen LogP contribution in [0.4, 0.5) is 0 Å². The Labute approximate surface area is 261 Å². The maximum atomic E-state index is 8.58. The van der Waals surface area contributed by atoms with Crippen molar-refractivity contribution in [3.05, 3.63) is 0 Å². The third-order valence-electron chi connectivity index (χ3n) is 1.19. The molecule has 0 amide bonds. The van der Waals surface area contributed by atoms with Gasteiger partial charge >= 0.3 is 270 Å². The third-order valence-corrected chi connectivity index (χ3v) is 4.89. The smallest absolute Gasteiger partial charge is 1.00 e. The summed E-state index contributed by atoms with van der Waals surface area (Å²) in [7, 11) is -6.17. The Balaban J connectivity index is -0.000000120. The Hall–Kier alpha value is 3.58. The summed E-state index contributed by atoms with van der Waals surface area (Å²) < 4.78 is 0. The topological polar surface area (TPSA) is 143 Å². The second-order valence-electron chi connectivity index (χ2n) is 1.80. The van der Waals surface area contributed by atoms with E-state index >= 15 is 0 Å². The maximum Gasteiger partial charge on any atom is 2.00 e. The molecular weight excluding hydrogens is 535 g/mol. The van der Waals surface area contributed by atoms with Gasteiger partial charge in [-0.1, -0.05) is 0 Å². The minimum Gasteiger partial charge on any atom is 1.00 e. The largest absolute Gasteiger partial charge is 2.00 e. The zero-order valence-electron chi connectivity index (χ0n) is 9.74. The summed E-state index contributed by atoms with van der Waals surface area (Å²) in [6.45, 7) is 0. The Kier molecular flexibility index (Phi) is 21.4. The van der Waals surface area contributed by atoms with Crippen molar-refractivity contribution in [1.29, 1.82) is 31.6 Å². The molecule has 0 aromatic carbocycles. The molecule has 66 valence electrons. The molecule has 0 saturated carbocycles. The van der Waals surface area contributed by atoms with Gasteiger partial charge < -0.3 is 0 Å². The van der Waals surface area contributed by atoms with Crippen LogP contribution in [0, 0.1) is 61.4 Å². The first-order valence-electron chi connectivity index (χ1n) is 2.40. The molecule has 0 radical (unpaired) electrons. The predicted octanol–water partition coefficient (Wildman–Crippen LogP) is -8.89. The Morgan fingerprint density at radius 2 is 0.706 bits per heavy atom. The van der Waals surface area contributed by atoms with Crippen molar-refractivity contribution in [2.24, 2.45) is 0 Å². The average Bonchev–Trinajstić information content (AvgIpc) is 2.26. The summed E-state index contributed by atoms with van der Waals surface area (Å²) in [6, 6.07) is 0. The van der Waals surface area contributed by atoms with Crippen molar-refractivity contribution in [1.82, 2.24) is 0 Å². The molecule has 6 nitrogen and oxygen atoms in total. The van der Waals surface area contributed by atoms with Gasteiger partial charge in [0, 0.05) is 0 Å². The molecule has 0 aromatic rings. The van der Waals surface area contributed by atoms with Gasteiger partial charge in [-0.05, 0) is 0 Å². The van der Waals surface area contributed by atoms with E-state index in [1.807, 2.05) is 0 Å². The monoisotopic (exact) mass is 533 g/mol. The Morgan fingerprint density at radius 3 is 0.706 bits per heavy atom. The zero-order valence-corrected chi connectivity index (χ0v) is 28.1. The summed E-state index contributed by atoms with van der Waals surface area (Å²) in [6.07, 6.45) is 0. The van der Waals surface area contributed by atoms with Crippen LogP contribution in [0.1, 0.15) is 0 Å². The van der Waals surface area contributed by atoms with E-state index in [0.717, 1.165) is 29.8 Å². The van der Waals surface area contributed by atoms with E-state index < -0.39 is 10.7 Å². The van der Waals surface area contributed by atoms with Crippen molar-refractivity contribution in [3.63, 3.8) is 0 Å². The first-order chi connectivity index (χ1) is 5.97. The van der Waals surface area contributed by atoms with Crippen LogP contribution < -0.4 is 178 Å². The quantitative estimate of drug-likeness (QED) is 0.283. The van der Waals surface area contributed by atoms with Gasteiger partial charge in [0.25, 0.3) is 0 Å².